The van der Waals surface area contributed by atoms with E-state index in [4.69, 9.17) is 14.5 Å². The predicted octanol–water partition coefficient (Wildman–Crippen LogP) is 2.33. The zero-order valence-corrected chi connectivity index (χ0v) is 19.4. The van der Waals surface area contributed by atoms with Crippen molar-refractivity contribution in [2.45, 2.75) is 18.9 Å². The zero-order chi connectivity index (χ0) is 22.8. The molecule has 0 bridgehead atoms. The Bertz CT molecular complexity index is 1220. The first-order valence-corrected chi connectivity index (χ1v) is 13.0. The van der Waals surface area contributed by atoms with E-state index in [0.29, 0.717) is 44.2 Å². The first-order valence-electron chi connectivity index (χ1n) is 11.1. The standard InChI is InChI=1S/C23H27N5O4S/c1-33(29,30)28-12-10-27(11-13-28)18-6-4-17(5-7-18)20-15-21-22(25-9-8-24-21)23(26-20)32-19-3-2-14-31-16-19/h4-9,15,19H,2-3,10-14,16H2,1H3. The van der Waals surface area contributed by atoms with Gasteiger partial charge in [-0.05, 0) is 31.0 Å². The van der Waals surface area contributed by atoms with Gasteiger partial charge in [0.25, 0.3) is 0 Å². The fourth-order valence-electron chi connectivity index (χ4n) is 4.26. The van der Waals surface area contributed by atoms with Crippen LogP contribution in [0.2, 0.25) is 0 Å². The maximum absolute atomic E-state index is 11.8. The summed E-state index contributed by atoms with van der Waals surface area (Å²) in [4.78, 5) is 15.9. The van der Waals surface area contributed by atoms with E-state index >= 15 is 0 Å². The van der Waals surface area contributed by atoms with Gasteiger partial charge < -0.3 is 14.4 Å². The number of ether oxygens (including phenoxy) is 2. The van der Waals surface area contributed by atoms with Crippen LogP contribution in [0.3, 0.4) is 0 Å². The summed E-state index contributed by atoms with van der Waals surface area (Å²) in [5.41, 5.74) is 4.15. The van der Waals surface area contributed by atoms with Crippen molar-refractivity contribution in [2.75, 3.05) is 50.5 Å². The van der Waals surface area contributed by atoms with Crippen LogP contribution in [0.4, 0.5) is 5.69 Å². The maximum Gasteiger partial charge on any atom is 0.243 e. The number of anilines is 1. The molecular weight excluding hydrogens is 442 g/mol. The Morgan fingerprint density at radius 3 is 2.52 bits per heavy atom. The van der Waals surface area contributed by atoms with E-state index in [1.807, 2.05) is 30.3 Å². The summed E-state index contributed by atoms with van der Waals surface area (Å²) < 4.78 is 36.8. The lowest BCUT2D eigenvalue weighted by molar-refractivity contribution is 0.00618. The molecule has 0 aliphatic carbocycles. The van der Waals surface area contributed by atoms with Crippen LogP contribution < -0.4 is 9.64 Å². The molecule has 4 heterocycles. The fraction of sp³-hybridized carbons (Fsp3) is 0.435. The van der Waals surface area contributed by atoms with Crippen LogP contribution in [0.15, 0.2) is 42.7 Å². The van der Waals surface area contributed by atoms with Crippen LogP contribution in [0.1, 0.15) is 12.8 Å². The van der Waals surface area contributed by atoms with Gasteiger partial charge in [-0.25, -0.2) is 18.4 Å². The Balaban J connectivity index is 1.38. The number of aromatic nitrogens is 3. The minimum Gasteiger partial charge on any atom is -0.470 e. The van der Waals surface area contributed by atoms with E-state index in [9.17, 15) is 8.42 Å². The number of sulfonamides is 1. The smallest absolute Gasteiger partial charge is 0.243 e. The summed E-state index contributed by atoms with van der Waals surface area (Å²) in [5, 5.41) is 0. The molecule has 5 rings (SSSR count). The lowest BCUT2D eigenvalue weighted by Crippen LogP contribution is -2.48. The first kappa shape index (κ1) is 22.0. The summed E-state index contributed by atoms with van der Waals surface area (Å²) in [6.45, 7) is 3.64. The molecule has 174 valence electrons. The minimum absolute atomic E-state index is 0.0420. The average Bonchev–Trinajstić information content (AvgIpc) is 2.84. The number of piperazine rings is 1. The second-order valence-electron chi connectivity index (χ2n) is 8.39. The van der Waals surface area contributed by atoms with E-state index in [1.165, 1.54) is 10.6 Å². The Hall–Kier alpha value is -2.82. The molecule has 3 aromatic rings. The molecule has 2 aliphatic heterocycles. The van der Waals surface area contributed by atoms with Crippen molar-refractivity contribution in [1.82, 2.24) is 19.3 Å². The molecule has 10 heteroatoms. The van der Waals surface area contributed by atoms with Crippen LogP contribution in [0.25, 0.3) is 22.3 Å². The Kier molecular flexibility index (Phi) is 6.13. The number of benzene rings is 1. The van der Waals surface area contributed by atoms with Gasteiger partial charge in [-0.3, -0.25) is 4.98 Å². The highest BCUT2D eigenvalue weighted by Crippen LogP contribution is 2.30. The van der Waals surface area contributed by atoms with Crippen molar-refractivity contribution in [1.29, 1.82) is 0 Å². The third-order valence-electron chi connectivity index (χ3n) is 6.06. The second kappa shape index (κ2) is 9.20. The molecule has 0 amide bonds. The Morgan fingerprint density at radius 1 is 1.06 bits per heavy atom. The van der Waals surface area contributed by atoms with Crippen molar-refractivity contribution >= 4 is 26.7 Å². The van der Waals surface area contributed by atoms with Crippen LogP contribution in [-0.2, 0) is 14.8 Å². The molecule has 2 fully saturated rings. The first-order chi connectivity index (χ1) is 16.0. The van der Waals surface area contributed by atoms with Gasteiger partial charge >= 0.3 is 0 Å². The molecule has 1 unspecified atom stereocenters. The third-order valence-corrected chi connectivity index (χ3v) is 7.36. The summed E-state index contributed by atoms with van der Waals surface area (Å²) in [6, 6.07) is 10.1. The maximum atomic E-state index is 11.8. The van der Waals surface area contributed by atoms with E-state index in [-0.39, 0.29) is 6.10 Å². The van der Waals surface area contributed by atoms with Gasteiger partial charge in [0.15, 0.2) is 5.52 Å². The van der Waals surface area contributed by atoms with Crippen LogP contribution in [0, 0.1) is 0 Å². The molecule has 1 atom stereocenters. The number of pyridine rings is 1. The van der Waals surface area contributed by atoms with E-state index in [2.05, 4.69) is 14.9 Å². The van der Waals surface area contributed by atoms with Crippen molar-refractivity contribution in [3.05, 3.63) is 42.7 Å². The molecule has 1 aromatic carbocycles. The van der Waals surface area contributed by atoms with Crippen LogP contribution >= 0.6 is 0 Å². The molecule has 2 aliphatic rings. The molecule has 33 heavy (non-hydrogen) atoms. The third kappa shape index (κ3) is 4.92. The molecule has 0 N–H and O–H groups in total. The fourth-order valence-corrected chi connectivity index (χ4v) is 5.08. The van der Waals surface area contributed by atoms with Crippen LogP contribution in [-0.4, -0.2) is 79.4 Å². The van der Waals surface area contributed by atoms with E-state index in [1.54, 1.807) is 12.4 Å². The van der Waals surface area contributed by atoms with Crippen molar-refractivity contribution in [3.63, 3.8) is 0 Å². The summed E-state index contributed by atoms with van der Waals surface area (Å²) >= 11 is 0. The monoisotopic (exact) mass is 469 g/mol. The largest absolute Gasteiger partial charge is 0.470 e. The van der Waals surface area contributed by atoms with Gasteiger partial charge in [0.2, 0.25) is 15.9 Å². The minimum atomic E-state index is -3.14. The van der Waals surface area contributed by atoms with E-state index in [0.717, 1.165) is 41.9 Å². The predicted molar refractivity (Wildman–Crippen MR) is 126 cm³/mol. The SMILES string of the molecule is CS(=O)(=O)N1CCN(c2ccc(-c3cc4nccnc4c(OC4CCCOC4)n3)cc2)CC1. The topological polar surface area (TPSA) is 97.8 Å². The quantitative estimate of drug-likeness (QED) is 0.562. The van der Waals surface area contributed by atoms with Crippen molar-refractivity contribution in [2.24, 2.45) is 0 Å². The Labute approximate surface area is 193 Å². The number of nitrogens with zero attached hydrogens (tertiary/aromatic N) is 5. The lowest BCUT2D eigenvalue weighted by atomic mass is 10.1. The zero-order valence-electron chi connectivity index (χ0n) is 18.6. The highest BCUT2D eigenvalue weighted by molar-refractivity contribution is 7.88. The molecule has 2 aromatic heterocycles. The molecule has 2 saturated heterocycles. The van der Waals surface area contributed by atoms with E-state index < -0.39 is 10.0 Å². The van der Waals surface area contributed by atoms with Gasteiger partial charge in [0.1, 0.15) is 6.10 Å². The van der Waals surface area contributed by atoms with Crippen LogP contribution in [0.5, 0.6) is 5.88 Å². The average molecular weight is 470 g/mol. The molecule has 0 spiro atoms. The summed E-state index contributed by atoms with van der Waals surface area (Å²) in [5.74, 6) is 0.479. The Morgan fingerprint density at radius 2 is 1.82 bits per heavy atom. The lowest BCUT2D eigenvalue weighted by Gasteiger charge is -2.34. The van der Waals surface area contributed by atoms with Crippen molar-refractivity contribution < 1.29 is 17.9 Å². The van der Waals surface area contributed by atoms with Crippen molar-refractivity contribution in [3.8, 4) is 17.1 Å². The number of fused-ring (bicyclic) bond motifs is 1. The summed E-state index contributed by atoms with van der Waals surface area (Å²) in [6.07, 6.45) is 6.42. The van der Waals surface area contributed by atoms with Gasteiger partial charge in [0, 0.05) is 56.4 Å². The van der Waals surface area contributed by atoms with Gasteiger partial charge in [0.05, 0.1) is 24.1 Å². The molecular formula is C23H27N5O4S. The molecule has 0 radical (unpaired) electrons. The molecule has 9 nitrogen and oxygen atoms in total. The van der Waals surface area contributed by atoms with Gasteiger partial charge in [-0.15, -0.1) is 0 Å². The number of rotatable bonds is 5. The summed E-state index contributed by atoms with van der Waals surface area (Å²) in [7, 11) is -3.14. The highest BCUT2D eigenvalue weighted by atomic mass is 32.2. The molecule has 0 saturated carbocycles. The highest BCUT2D eigenvalue weighted by Gasteiger charge is 2.24. The van der Waals surface area contributed by atoms with Gasteiger partial charge in [-0.2, -0.15) is 4.31 Å². The second-order valence-corrected chi connectivity index (χ2v) is 10.4. The number of hydrogen-bond donors (Lipinski definition) is 0. The normalized spacial score (nSPS) is 20.2. The number of hydrogen-bond acceptors (Lipinski definition) is 8. The van der Waals surface area contributed by atoms with Gasteiger partial charge in [-0.1, -0.05) is 12.1 Å².